The van der Waals surface area contributed by atoms with Gasteiger partial charge in [0.2, 0.25) is 0 Å². The summed E-state index contributed by atoms with van der Waals surface area (Å²) < 4.78 is 1.22. The van der Waals surface area contributed by atoms with Gasteiger partial charge in [0.15, 0.2) is 0 Å². The fourth-order valence-electron chi connectivity index (χ4n) is 2.07. The molecule has 18 heavy (non-hydrogen) atoms. The Bertz CT molecular complexity index is 372. The first-order valence-corrected chi connectivity index (χ1v) is 7.76. The van der Waals surface area contributed by atoms with Crippen LogP contribution in [0.15, 0.2) is 16.6 Å². The number of nitrogens with one attached hydrogen (secondary N) is 1. The normalized spacial score (nSPS) is 11.2. The van der Waals surface area contributed by atoms with Gasteiger partial charge in [0.1, 0.15) is 0 Å². The molecule has 0 bridgehead atoms. The van der Waals surface area contributed by atoms with Gasteiger partial charge < -0.3 is 5.32 Å². The third kappa shape index (κ3) is 5.53. The van der Waals surface area contributed by atoms with Crippen LogP contribution in [0.5, 0.6) is 0 Å². The van der Waals surface area contributed by atoms with Crippen LogP contribution in [0, 0.1) is 19.8 Å². The van der Waals surface area contributed by atoms with Gasteiger partial charge in [-0.15, -0.1) is 0 Å². The lowest BCUT2D eigenvalue weighted by atomic mass is 10.0. The van der Waals surface area contributed by atoms with Crippen molar-refractivity contribution < 1.29 is 0 Å². The molecule has 0 saturated carbocycles. The highest BCUT2D eigenvalue weighted by Gasteiger charge is 2.02. The molecule has 0 fully saturated rings. The zero-order valence-corrected chi connectivity index (χ0v) is 13.7. The molecule has 1 aromatic rings. The monoisotopic (exact) mass is 311 g/mol. The van der Waals surface area contributed by atoms with E-state index < -0.39 is 0 Å². The molecule has 0 aliphatic heterocycles. The van der Waals surface area contributed by atoms with E-state index in [1.807, 2.05) is 0 Å². The number of hydrogen-bond donors (Lipinski definition) is 1. The van der Waals surface area contributed by atoms with E-state index in [0.717, 1.165) is 19.0 Å². The third-order valence-electron chi connectivity index (χ3n) is 3.22. The maximum atomic E-state index is 3.59. The van der Waals surface area contributed by atoms with E-state index in [4.69, 9.17) is 0 Å². The summed E-state index contributed by atoms with van der Waals surface area (Å²) in [6.07, 6.45) is 3.73. The highest BCUT2D eigenvalue weighted by Crippen LogP contribution is 2.22. The Morgan fingerprint density at radius 3 is 2.50 bits per heavy atom. The molecule has 102 valence electrons. The predicted molar refractivity (Wildman–Crippen MR) is 84.3 cm³/mol. The van der Waals surface area contributed by atoms with E-state index in [9.17, 15) is 0 Å². The Kier molecular flexibility index (Phi) is 6.95. The predicted octanol–water partition coefficient (Wildman–Crippen LogP) is 4.63. The van der Waals surface area contributed by atoms with E-state index in [-0.39, 0.29) is 0 Å². The van der Waals surface area contributed by atoms with Gasteiger partial charge in [-0.3, -0.25) is 0 Å². The molecule has 0 amide bonds. The molecule has 0 spiro atoms. The first-order valence-electron chi connectivity index (χ1n) is 6.97. The minimum atomic E-state index is 0.751. The molecule has 0 atom stereocenters. The summed E-state index contributed by atoms with van der Waals surface area (Å²) in [6.45, 7) is 11.2. The fourth-order valence-corrected chi connectivity index (χ4v) is 2.52. The number of rotatable bonds is 7. The average molecular weight is 312 g/mol. The number of halogens is 1. The van der Waals surface area contributed by atoms with E-state index in [1.54, 1.807) is 0 Å². The Morgan fingerprint density at radius 1 is 1.11 bits per heavy atom. The number of hydrogen-bond acceptors (Lipinski definition) is 1. The van der Waals surface area contributed by atoms with E-state index >= 15 is 0 Å². The lowest BCUT2D eigenvalue weighted by Gasteiger charge is -2.10. The van der Waals surface area contributed by atoms with Crippen LogP contribution in [0.25, 0.3) is 0 Å². The molecule has 0 aliphatic carbocycles. The maximum Gasteiger partial charge on any atom is 0.0207 e. The summed E-state index contributed by atoms with van der Waals surface area (Å²) in [5, 5.41) is 3.50. The molecule has 0 aliphatic rings. The topological polar surface area (TPSA) is 12.0 Å². The van der Waals surface area contributed by atoms with Crippen molar-refractivity contribution in [2.45, 2.75) is 47.0 Å². The van der Waals surface area contributed by atoms with Gasteiger partial charge in [-0.25, -0.2) is 0 Å². The second-order valence-corrected chi connectivity index (χ2v) is 6.44. The van der Waals surface area contributed by atoms with Gasteiger partial charge in [-0.1, -0.05) is 35.8 Å². The molecule has 1 nitrogen and oxygen atoms in total. The van der Waals surface area contributed by atoms with Crippen molar-refractivity contribution in [3.8, 4) is 0 Å². The van der Waals surface area contributed by atoms with Gasteiger partial charge in [0.25, 0.3) is 0 Å². The van der Waals surface area contributed by atoms with Gasteiger partial charge in [-0.05, 0) is 74.9 Å². The lowest BCUT2D eigenvalue weighted by Crippen LogP contribution is -2.20. The third-order valence-corrected chi connectivity index (χ3v) is 4.07. The van der Waals surface area contributed by atoms with Gasteiger partial charge in [0, 0.05) is 4.47 Å². The summed E-state index contributed by atoms with van der Waals surface area (Å²) in [6, 6.07) is 4.56. The van der Waals surface area contributed by atoms with Crippen molar-refractivity contribution in [3.63, 3.8) is 0 Å². The van der Waals surface area contributed by atoms with Crippen molar-refractivity contribution in [1.82, 2.24) is 5.32 Å². The molecular weight excluding hydrogens is 286 g/mol. The van der Waals surface area contributed by atoms with Crippen LogP contribution in [0.1, 0.15) is 43.4 Å². The molecule has 2 heteroatoms. The van der Waals surface area contributed by atoms with Crippen LogP contribution < -0.4 is 5.32 Å². The van der Waals surface area contributed by atoms with Crippen LogP contribution in [-0.4, -0.2) is 13.1 Å². The van der Waals surface area contributed by atoms with Gasteiger partial charge in [-0.2, -0.15) is 0 Å². The first-order chi connectivity index (χ1) is 8.50. The molecule has 0 heterocycles. The van der Waals surface area contributed by atoms with Crippen LogP contribution in [0.2, 0.25) is 0 Å². The largest absolute Gasteiger partial charge is 0.316 e. The SMILES string of the molecule is Cc1cc(CCCCNCC(C)C)c(C)cc1Br. The second-order valence-electron chi connectivity index (χ2n) is 5.58. The van der Waals surface area contributed by atoms with Crippen molar-refractivity contribution in [1.29, 1.82) is 0 Å². The van der Waals surface area contributed by atoms with Crippen molar-refractivity contribution in [2.75, 3.05) is 13.1 Å². The standard InChI is InChI=1S/C16H26BrN/c1-12(2)11-18-8-6-5-7-15-9-14(4)16(17)10-13(15)3/h9-10,12,18H,5-8,11H2,1-4H3. The Hall–Kier alpha value is -0.340. The quantitative estimate of drug-likeness (QED) is 0.724. The van der Waals surface area contributed by atoms with Crippen LogP contribution >= 0.6 is 15.9 Å². The molecule has 1 aromatic carbocycles. The molecular formula is C16H26BrN. The lowest BCUT2D eigenvalue weighted by molar-refractivity contribution is 0.535. The van der Waals surface area contributed by atoms with Gasteiger partial charge >= 0.3 is 0 Å². The highest BCUT2D eigenvalue weighted by atomic mass is 79.9. The average Bonchev–Trinajstić information content (AvgIpc) is 2.29. The fraction of sp³-hybridized carbons (Fsp3) is 0.625. The van der Waals surface area contributed by atoms with E-state index in [1.165, 1.54) is 40.4 Å². The first kappa shape index (κ1) is 15.7. The smallest absolute Gasteiger partial charge is 0.0207 e. The van der Waals surface area contributed by atoms with Gasteiger partial charge in [0.05, 0.1) is 0 Å². The molecule has 0 radical (unpaired) electrons. The maximum absolute atomic E-state index is 3.59. The summed E-state index contributed by atoms with van der Waals surface area (Å²) >= 11 is 3.59. The molecule has 0 unspecified atom stereocenters. The minimum Gasteiger partial charge on any atom is -0.316 e. The summed E-state index contributed by atoms with van der Waals surface area (Å²) in [7, 11) is 0. The molecule has 1 rings (SSSR count). The number of benzene rings is 1. The zero-order chi connectivity index (χ0) is 13.5. The van der Waals surface area contributed by atoms with Crippen LogP contribution in [0.3, 0.4) is 0 Å². The summed E-state index contributed by atoms with van der Waals surface area (Å²) in [5.74, 6) is 0.751. The van der Waals surface area contributed by atoms with Crippen LogP contribution in [-0.2, 0) is 6.42 Å². The van der Waals surface area contributed by atoms with Crippen LogP contribution in [0.4, 0.5) is 0 Å². The number of unbranched alkanes of at least 4 members (excludes halogenated alkanes) is 1. The molecule has 0 saturated heterocycles. The van der Waals surface area contributed by atoms with Crippen molar-refractivity contribution in [3.05, 3.63) is 33.3 Å². The molecule has 1 N–H and O–H groups in total. The molecule has 0 aromatic heterocycles. The van der Waals surface area contributed by atoms with Crippen molar-refractivity contribution >= 4 is 15.9 Å². The zero-order valence-electron chi connectivity index (χ0n) is 12.1. The summed E-state index contributed by atoms with van der Waals surface area (Å²) in [4.78, 5) is 0. The van der Waals surface area contributed by atoms with E-state index in [2.05, 4.69) is 61.1 Å². The Balaban J connectivity index is 2.29. The van der Waals surface area contributed by atoms with Crippen molar-refractivity contribution in [2.24, 2.45) is 5.92 Å². The minimum absolute atomic E-state index is 0.751. The second kappa shape index (κ2) is 7.96. The van der Waals surface area contributed by atoms with E-state index in [0.29, 0.717) is 0 Å². The Labute approximate surface area is 120 Å². The summed E-state index contributed by atoms with van der Waals surface area (Å²) in [5.41, 5.74) is 4.25. The highest BCUT2D eigenvalue weighted by molar-refractivity contribution is 9.10. The Morgan fingerprint density at radius 2 is 1.83 bits per heavy atom. The number of aryl methyl sites for hydroxylation is 3.